The molecule has 0 N–H and O–H groups in total. The molecule has 1 aliphatic rings. The summed E-state index contributed by atoms with van der Waals surface area (Å²) in [5, 5.41) is 9.66. The lowest BCUT2D eigenvalue weighted by Gasteiger charge is -2.09. The lowest BCUT2D eigenvalue weighted by molar-refractivity contribution is -0.121. The van der Waals surface area contributed by atoms with Crippen LogP contribution in [0.4, 0.5) is 5.13 Å². The summed E-state index contributed by atoms with van der Waals surface area (Å²) in [4.78, 5) is 24.2. The first kappa shape index (κ1) is 12.2. The molecule has 0 saturated carbocycles. The molecule has 92 valence electrons. The number of amides is 1. The number of aromatic nitrogens is 2. The number of carbonyl (C=O) groups is 2. The smallest absolute Gasteiger partial charge is 0.236 e. The highest BCUT2D eigenvalue weighted by Gasteiger charge is 2.31. The van der Waals surface area contributed by atoms with Gasteiger partial charge in [0.1, 0.15) is 5.01 Å². The van der Waals surface area contributed by atoms with Crippen molar-refractivity contribution in [2.45, 2.75) is 39.0 Å². The van der Waals surface area contributed by atoms with Crippen LogP contribution in [-0.2, 0) is 9.59 Å². The van der Waals surface area contributed by atoms with Crippen molar-refractivity contribution >= 4 is 28.2 Å². The number of hydrogen-bond donors (Lipinski definition) is 0. The third-order valence-corrected chi connectivity index (χ3v) is 4.09. The molecular formula is C11H15N3O2S. The number of nitrogens with zero attached hydrogens (tertiary/aromatic N) is 3. The summed E-state index contributed by atoms with van der Waals surface area (Å²) in [6, 6.07) is 0. The van der Waals surface area contributed by atoms with Gasteiger partial charge in [-0.1, -0.05) is 25.2 Å². The van der Waals surface area contributed by atoms with Crippen molar-refractivity contribution in [1.29, 1.82) is 0 Å². The van der Waals surface area contributed by atoms with Gasteiger partial charge in [-0.05, 0) is 12.8 Å². The average Bonchev–Trinajstić information content (AvgIpc) is 2.87. The first-order valence-electron chi connectivity index (χ1n) is 5.81. The Morgan fingerprint density at radius 2 is 2.00 bits per heavy atom. The second-order valence-corrected chi connectivity index (χ2v) is 5.12. The minimum Gasteiger partial charge on any atom is -0.297 e. The van der Waals surface area contributed by atoms with Crippen LogP contribution in [-0.4, -0.2) is 28.4 Å². The molecule has 0 spiro atoms. The summed E-state index contributed by atoms with van der Waals surface area (Å²) < 4.78 is 0. The molecule has 1 amide bonds. The topological polar surface area (TPSA) is 63.2 Å². The Balaban J connectivity index is 2.18. The minimum atomic E-state index is -0.165. The van der Waals surface area contributed by atoms with E-state index in [0.29, 0.717) is 11.0 Å². The summed E-state index contributed by atoms with van der Waals surface area (Å²) in [7, 11) is 0. The molecule has 1 aromatic rings. The molecular weight excluding hydrogens is 238 g/mol. The average molecular weight is 253 g/mol. The molecule has 2 heterocycles. The predicted molar refractivity (Wildman–Crippen MR) is 65.2 cm³/mol. The Bertz CT molecular complexity index is 440. The van der Waals surface area contributed by atoms with E-state index in [4.69, 9.17) is 0 Å². The molecule has 17 heavy (non-hydrogen) atoms. The number of hydrogen-bond acceptors (Lipinski definition) is 5. The normalized spacial score (nSPS) is 16.3. The van der Waals surface area contributed by atoms with Gasteiger partial charge in [0, 0.05) is 5.92 Å². The second kappa shape index (κ2) is 4.91. The standard InChI is InChI=1S/C11H15N3O2S/c1-3-7(4-2)10-12-13-11(17-10)14-6-8(15)5-9(14)16/h7H,3-6H2,1-2H3. The summed E-state index contributed by atoms with van der Waals surface area (Å²) >= 11 is 1.42. The zero-order valence-electron chi connectivity index (χ0n) is 9.97. The van der Waals surface area contributed by atoms with Gasteiger partial charge in [0.2, 0.25) is 11.0 Å². The number of carbonyl (C=O) groups excluding carboxylic acids is 2. The van der Waals surface area contributed by atoms with E-state index in [1.807, 2.05) is 0 Å². The van der Waals surface area contributed by atoms with Gasteiger partial charge in [0.25, 0.3) is 0 Å². The van der Waals surface area contributed by atoms with Crippen LogP contribution in [0.25, 0.3) is 0 Å². The van der Waals surface area contributed by atoms with Gasteiger partial charge < -0.3 is 0 Å². The van der Waals surface area contributed by atoms with Crippen LogP contribution in [0.2, 0.25) is 0 Å². The van der Waals surface area contributed by atoms with Crippen molar-refractivity contribution in [2.75, 3.05) is 11.4 Å². The SMILES string of the molecule is CCC(CC)c1nnc(N2CC(=O)CC2=O)s1. The quantitative estimate of drug-likeness (QED) is 0.767. The lowest BCUT2D eigenvalue weighted by Crippen LogP contribution is -2.24. The van der Waals surface area contributed by atoms with Crippen molar-refractivity contribution in [3.8, 4) is 0 Å². The molecule has 0 atom stereocenters. The fourth-order valence-electron chi connectivity index (χ4n) is 1.90. The molecule has 6 heteroatoms. The Labute approximate surface area is 104 Å². The molecule has 1 fully saturated rings. The van der Waals surface area contributed by atoms with Gasteiger partial charge in [-0.15, -0.1) is 10.2 Å². The van der Waals surface area contributed by atoms with Crippen LogP contribution in [0, 0.1) is 0 Å². The highest BCUT2D eigenvalue weighted by Crippen LogP contribution is 2.31. The van der Waals surface area contributed by atoms with Gasteiger partial charge in [-0.3, -0.25) is 14.5 Å². The van der Waals surface area contributed by atoms with Crippen LogP contribution < -0.4 is 4.90 Å². The molecule has 0 unspecified atom stereocenters. The number of Topliss-reactive ketones (excluding diaryl/α,β-unsaturated/α-hetero) is 1. The van der Waals surface area contributed by atoms with Gasteiger partial charge >= 0.3 is 0 Å². The maximum absolute atomic E-state index is 11.5. The summed E-state index contributed by atoms with van der Waals surface area (Å²) in [5.74, 6) is 0.186. The molecule has 0 aliphatic carbocycles. The van der Waals surface area contributed by atoms with E-state index in [1.165, 1.54) is 16.2 Å². The van der Waals surface area contributed by atoms with Crippen LogP contribution in [0.15, 0.2) is 0 Å². The van der Waals surface area contributed by atoms with Gasteiger partial charge in [-0.2, -0.15) is 0 Å². The zero-order valence-corrected chi connectivity index (χ0v) is 10.8. The number of rotatable bonds is 4. The monoisotopic (exact) mass is 253 g/mol. The maximum atomic E-state index is 11.5. The highest BCUT2D eigenvalue weighted by molar-refractivity contribution is 7.15. The Morgan fingerprint density at radius 3 is 2.53 bits per heavy atom. The first-order valence-corrected chi connectivity index (χ1v) is 6.62. The van der Waals surface area contributed by atoms with Crippen LogP contribution in [0.1, 0.15) is 44.0 Å². The largest absolute Gasteiger partial charge is 0.297 e. The van der Waals surface area contributed by atoms with Crippen molar-refractivity contribution in [2.24, 2.45) is 0 Å². The number of ketones is 1. The summed E-state index contributed by atoms with van der Waals surface area (Å²) in [6.45, 7) is 4.37. The van der Waals surface area contributed by atoms with Crippen LogP contribution in [0.3, 0.4) is 0 Å². The van der Waals surface area contributed by atoms with Gasteiger partial charge in [-0.25, -0.2) is 0 Å². The Hall–Kier alpha value is -1.30. The van der Waals surface area contributed by atoms with E-state index >= 15 is 0 Å². The van der Waals surface area contributed by atoms with Crippen molar-refractivity contribution in [3.63, 3.8) is 0 Å². The van der Waals surface area contributed by atoms with Crippen molar-refractivity contribution < 1.29 is 9.59 Å². The third-order valence-electron chi connectivity index (χ3n) is 2.98. The van der Waals surface area contributed by atoms with E-state index < -0.39 is 0 Å². The van der Waals surface area contributed by atoms with Crippen LogP contribution in [0.5, 0.6) is 0 Å². The molecule has 5 nitrogen and oxygen atoms in total. The summed E-state index contributed by atoms with van der Waals surface area (Å²) in [5.41, 5.74) is 0. The van der Waals surface area contributed by atoms with Crippen LogP contribution >= 0.6 is 11.3 Å². The number of anilines is 1. The zero-order chi connectivity index (χ0) is 12.4. The predicted octanol–water partition coefficient (Wildman–Crippen LogP) is 1.75. The summed E-state index contributed by atoms with van der Waals surface area (Å²) in [6.07, 6.45) is 2.02. The molecule has 2 rings (SSSR count). The van der Waals surface area contributed by atoms with Crippen molar-refractivity contribution in [3.05, 3.63) is 5.01 Å². The molecule has 1 aromatic heterocycles. The molecule has 1 saturated heterocycles. The van der Waals surface area contributed by atoms with Gasteiger partial charge in [0.05, 0.1) is 13.0 Å². The van der Waals surface area contributed by atoms with E-state index in [2.05, 4.69) is 24.0 Å². The second-order valence-electron chi connectivity index (χ2n) is 4.13. The van der Waals surface area contributed by atoms with E-state index in [-0.39, 0.29) is 24.7 Å². The van der Waals surface area contributed by atoms with Crippen molar-refractivity contribution in [1.82, 2.24) is 10.2 Å². The first-order chi connectivity index (χ1) is 8.15. The molecule has 0 bridgehead atoms. The Kier molecular flexibility index (Phi) is 3.51. The lowest BCUT2D eigenvalue weighted by atomic mass is 10.1. The highest BCUT2D eigenvalue weighted by atomic mass is 32.1. The Morgan fingerprint density at radius 1 is 1.29 bits per heavy atom. The molecule has 0 radical (unpaired) electrons. The third kappa shape index (κ3) is 2.36. The van der Waals surface area contributed by atoms with E-state index in [1.54, 1.807) is 0 Å². The van der Waals surface area contributed by atoms with E-state index in [9.17, 15) is 9.59 Å². The molecule has 0 aromatic carbocycles. The fraction of sp³-hybridized carbons (Fsp3) is 0.636. The maximum Gasteiger partial charge on any atom is 0.236 e. The fourth-order valence-corrected chi connectivity index (χ4v) is 3.02. The molecule has 1 aliphatic heterocycles. The van der Waals surface area contributed by atoms with E-state index in [0.717, 1.165) is 17.8 Å². The van der Waals surface area contributed by atoms with Gasteiger partial charge in [0.15, 0.2) is 5.78 Å². The minimum absolute atomic E-state index is 0.000102.